The molecule has 1 atom stereocenters. The van der Waals surface area contributed by atoms with Crippen LogP contribution in [0, 0.1) is 6.92 Å². The van der Waals surface area contributed by atoms with Crippen LogP contribution in [0.3, 0.4) is 0 Å². The molecule has 0 unspecified atom stereocenters. The van der Waals surface area contributed by atoms with Crippen molar-refractivity contribution < 1.29 is 4.74 Å². The van der Waals surface area contributed by atoms with Crippen molar-refractivity contribution in [1.29, 1.82) is 0 Å². The van der Waals surface area contributed by atoms with Gasteiger partial charge in [0.25, 0.3) is 0 Å². The summed E-state index contributed by atoms with van der Waals surface area (Å²) in [6.45, 7) is 4.12. The third-order valence-corrected chi connectivity index (χ3v) is 4.82. The van der Waals surface area contributed by atoms with E-state index in [-0.39, 0.29) is 6.10 Å². The molecule has 0 bridgehead atoms. The molecule has 0 aromatic carbocycles. The van der Waals surface area contributed by atoms with Crippen LogP contribution >= 0.6 is 11.3 Å². The highest BCUT2D eigenvalue weighted by molar-refractivity contribution is 7.10. The van der Waals surface area contributed by atoms with Crippen molar-refractivity contribution in [2.24, 2.45) is 0 Å². The fraction of sp³-hybridized carbons (Fsp3) is 0.667. The van der Waals surface area contributed by atoms with E-state index in [1.165, 1.54) is 23.3 Å². The number of rotatable bonds is 2. The van der Waals surface area contributed by atoms with E-state index in [1.807, 2.05) is 18.4 Å². The lowest BCUT2D eigenvalue weighted by atomic mass is 9.90. The number of fused-ring (bicyclic) bond motifs is 2. The van der Waals surface area contributed by atoms with Gasteiger partial charge in [0.2, 0.25) is 0 Å². The molecule has 15 heavy (non-hydrogen) atoms. The Morgan fingerprint density at radius 3 is 3.07 bits per heavy atom. The molecule has 1 spiro atoms. The van der Waals surface area contributed by atoms with Gasteiger partial charge in [0.05, 0.1) is 6.61 Å². The zero-order valence-corrected chi connectivity index (χ0v) is 10.1. The van der Waals surface area contributed by atoms with Crippen LogP contribution in [0.15, 0.2) is 5.38 Å². The predicted octanol–water partition coefficient (Wildman–Crippen LogP) is 2.38. The summed E-state index contributed by atoms with van der Waals surface area (Å²) in [7, 11) is 1.99. The highest BCUT2D eigenvalue weighted by Crippen LogP contribution is 2.56. The van der Waals surface area contributed by atoms with Gasteiger partial charge >= 0.3 is 0 Å². The van der Waals surface area contributed by atoms with Gasteiger partial charge in [0.1, 0.15) is 6.10 Å². The number of nitrogens with one attached hydrogen (secondary N) is 1. The Hall–Kier alpha value is -0.380. The Bertz CT molecular complexity index is 381. The van der Waals surface area contributed by atoms with Gasteiger partial charge in [0, 0.05) is 16.8 Å². The Balaban J connectivity index is 2.02. The molecule has 1 aliphatic heterocycles. The summed E-state index contributed by atoms with van der Waals surface area (Å²) in [5, 5.41) is 5.51. The summed E-state index contributed by atoms with van der Waals surface area (Å²) in [6.07, 6.45) is 2.93. The summed E-state index contributed by atoms with van der Waals surface area (Å²) >= 11 is 1.88. The first-order valence-corrected chi connectivity index (χ1v) is 6.49. The third kappa shape index (κ3) is 1.37. The first-order chi connectivity index (χ1) is 7.27. The van der Waals surface area contributed by atoms with E-state index >= 15 is 0 Å². The molecule has 0 saturated heterocycles. The molecular weight excluding hydrogens is 206 g/mol. The van der Waals surface area contributed by atoms with Crippen molar-refractivity contribution >= 4 is 11.3 Å². The zero-order valence-electron chi connectivity index (χ0n) is 9.30. The van der Waals surface area contributed by atoms with Crippen LogP contribution in [0.2, 0.25) is 0 Å². The van der Waals surface area contributed by atoms with Crippen LogP contribution in [-0.2, 0) is 10.2 Å². The summed E-state index contributed by atoms with van der Waals surface area (Å²) in [6, 6.07) is 0. The molecule has 1 fully saturated rings. The van der Waals surface area contributed by atoms with Crippen LogP contribution < -0.4 is 5.32 Å². The van der Waals surface area contributed by atoms with Crippen LogP contribution in [0.5, 0.6) is 0 Å². The van der Waals surface area contributed by atoms with Gasteiger partial charge < -0.3 is 10.1 Å². The minimum atomic E-state index is 0.287. The Labute approximate surface area is 94.6 Å². The molecule has 1 saturated carbocycles. The quantitative estimate of drug-likeness (QED) is 0.831. The van der Waals surface area contributed by atoms with Crippen LogP contribution in [0.1, 0.15) is 34.9 Å². The number of hydrogen-bond acceptors (Lipinski definition) is 3. The monoisotopic (exact) mass is 223 g/mol. The summed E-state index contributed by atoms with van der Waals surface area (Å²) < 4.78 is 5.98. The molecule has 0 radical (unpaired) electrons. The molecular formula is C12H17NOS. The molecule has 3 rings (SSSR count). The minimum absolute atomic E-state index is 0.287. The summed E-state index contributed by atoms with van der Waals surface area (Å²) in [5.41, 5.74) is 3.53. The summed E-state index contributed by atoms with van der Waals surface area (Å²) in [5.74, 6) is 0. The molecule has 1 N–H and O–H groups in total. The molecule has 3 heteroatoms. The van der Waals surface area contributed by atoms with Crippen molar-refractivity contribution in [3.8, 4) is 0 Å². The normalized spacial score (nSPS) is 26.7. The molecule has 1 aliphatic carbocycles. The van der Waals surface area contributed by atoms with E-state index in [0.717, 1.165) is 13.2 Å². The fourth-order valence-electron chi connectivity index (χ4n) is 2.67. The van der Waals surface area contributed by atoms with E-state index in [2.05, 4.69) is 17.6 Å². The molecule has 2 aliphatic rings. The van der Waals surface area contributed by atoms with Crippen molar-refractivity contribution in [2.75, 3.05) is 20.2 Å². The minimum Gasteiger partial charge on any atom is -0.370 e. The molecule has 0 amide bonds. The molecule has 1 aromatic rings. The number of ether oxygens (including phenoxy) is 1. The first-order valence-electron chi connectivity index (χ1n) is 5.61. The molecule has 1 aromatic heterocycles. The smallest absolute Gasteiger partial charge is 0.104 e. The zero-order chi connectivity index (χ0) is 10.5. The van der Waals surface area contributed by atoms with Gasteiger partial charge in [-0.15, -0.1) is 11.3 Å². The Morgan fingerprint density at radius 1 is 1.60 bits per heavy atom. The van der Waals surface area contributed by atoms with Gasteiger partial charge in [0.15, 0.2) is 0 Å². The molecule has 2 nitrogen and oxygen atoms in total. The van der Waals surface area contributed by atoms with Crippen molar-refractivity contribution in [2.45, 2.75) is 31.3 Å². The van der Waals surface area contributed by atoms with Gasteiger partial charge in [-0.2, -0.15) is 0 Å². The second-order valence-corrected chi connectivity index (χ2v) is 5.71. The standard InChI is InChI=1S/C12H17NOS/c1-8-6-15-11-9(5-13-2)14-7-12(3-4-12)10(8)11/h6,9,13H,3-5,7H2,1-2H3/t9-/m0/s1. The van der Waals surface area contributed by atoms with Crippen molar-refractivity contribution in [3.63, 3.8) is 0 Å². The predicted molar refractivity (Wildman–Crippen MR) is 62.6 cm³/mol. The maximum Gasteiger partial charge on any atom is 0.104 e. The van der Waals surface area contributed by atoms with Gasteiger partial charge in [-0.25, -0.2) is 0 Å². The Morgan fingerprint density at radius 2 is 2.40 bits per heavy atom. The van der Waals surface area contributed by atoms with Gasteiger partial charge in [-0.05, 0) is 43.3 Å². The fourth-order valence-corrected chi connectivity index (χ4v) is 3.89. The molecule has 2 heterocycles. The van der Waals surface area contributed by atoms with Crippen LogP contribution in [-0.4, -0.2) is 20.2 Å². The highest BCUT2D eigenvalue weighted by atomic mass is 32.1. The van der Waals surface area contributed by atoms with E-state index < -0.39 is 0 Å². The first kappa shape index (κ1) is 9.82. The lowest BCUT2D eigenvalue weighted by molar-refractivity contribution is 0.0259. The van der Waals surface area contributed by atoms with Gasteiger partial charge in [-0.3, -0.25) is 0 Å². The largest absolute Gasteiger partial charge is 0.370 e. The van der Waals surface area contributed by atoms with Gasteiger partial charge in [-0.1, -0.05) is 0 Å². The number of likely N-dealkylation sites (N-methyl/N-ethyl adjacent to an activating group) is 1. The molecule has 82 valence electrons. The van der Waals surface area contributed by atoms with E-state index in [4.69, 9.17) is 4.74 Å². The number of thiophene rings is 1. The average Bonchev–Trinajstić information content (AvgIpc) is 2.88. The van der Waals surface area contributed by atoms with Crippen LogP contribution in [0.4, 0.5) is 0 Å². The van der Waals surface area contributed by atoms with Crippen molar-refractivity contribution in [1.82, 2.24) is 5.32 Å². The van der Waals surface area contributed by atoms with Crippen LogP contribution in [0.25, 0.3) is 0 Å². The third-order valence-electron chi connectivity index (χ3n) is 3.63. The Kier molecular flexibility index (Phi) is 2.16. The number of aryl methyl sites for hydroxylation is 1. The van der Waals surface area contributed by atoms with E-state index in [0.29, 0.717) is 5.41 Å². The van der Waals surface area contributed by atoms with Crippen molar-refractivity contribution in [3.05, 3.63) is 21.4 Å². The topological polar surface area (TPSA) is 21.3 Å². The lowest BCUT2D eigenvalue weighted by Crippen LogP contribution is -2.30. The lowest BCUT2D eigenvalue weighted by Gasteiger charge is -2.30. The second-order valence-electron chi connectivity index (χ2n) is 4.80. The SMILES string of the molecule is CNC[C@@H]1OCC2(CC2)c2c(C)csc21. The van der Waals surface area contributed by atoms with E-state index in [1.54, 1.807) is 5.56 Å². The second kappa shape index (κ2) is 3.30. The maximum atomic E-state index is 5.98. The highest BCUT2D eigenvalue weighted by Gasteiger charge is 2.51. The summed E-state index contributed by atoms with van der Waals surface area (Å²) in [4.78, 5) is 1.48. The maximum absolute atomic E-state index is 5.98. The average molecular weight is 223 g/mol. The van der Waals surface area contributed by atoms with E-state index in [9.17, 15) is 0 Å². The number of hydrogen-bond donors (Lipinski definition) is 1.